The van der Waals surface area contributed by atoms with Gasteiger partial charge in [-0.25, -0.2) is 0 Å². The molecule has 0 radical (unpaired) electrons. The number of hydrogen-bond donors (Lipinski definition) is 1. The van der Waals surface area contributed by atoms with Gasteiger partial charge in [0.2, 0.25) is 0 Å². The van der Waals surface area contributed by atoms with Crippen molar-refractivity contribution in [3.63, 3.8) is 0 Å². The first kappa shape index (κ1) is 102. The Balaban J connectivity index is 0.00000124. The molecule has 6 unspecified atom stereocenters. The van der Waals surface area contributed by atoms with Gasteiger partial charge in [-0.2, -0.15) is 18.4 Å². The van der Waals surface area contributed by atoms with Crippen molar-refractivity contribution in [1.82, 2.24) is 4.98 Å². The average molecular weight is 1530 g/mol. The molecule has 4 nitrogen and oxygen atoms in total. The van der Waals surface area contributed by atoms with Gasteiger partial charge in [-0.15, -0.1) is 11.3 Å². The molecule has 0 bridgehead atoms. The zero-order valence-electron chi connectivity index (χ0n) is 74.1. The van der Waals surface area contributed by atoms with Crippen LogP contribution in [0.4, 0.5) is 13.2 Å². The van der Waals surface area contributed by atoms with Crippen LogP contribution in [-0.4, -0.2) is 11.2 Å². The maximum atomic E-state index is 12.8. The van der Waals surface area contributed by atoms with Gasteiger partial charge in [-0.1, -0.05) is 363 Å². The molecule has 606 valence electrons. The topological polar surface area (TPSA) is 65.9 Å². The summed E-state index contributed by atoms with van der Waals surface area (Å²) in [4.78, 5) is 3.50. The highest BCUT2D eigenvalue weighted by Gasteiger charge is 2.50. The fourth-order valence-electron chi connectivity index (χ4n) is 11.5. The summed E-state index contributed by atoms with van der Waals surface area (Å²) in [7, 11) is 0. The number of hydrogen-bond acceptors (Lipinski definition) is 4. The van der Waals surface area contributed by atoms with Crippen molar-refractivity contribution in [3.05, 3.63) is 275 Å². The smallest absolute Gasteiger partial charge is 0.398 e. The van der Waals surface area contributed by atoms with E-state index in [0.29, 0.717) is 34.7 Å². The molecule has 0 fully saturated rings. The first-order valence-electron chi connectivity index (χ1n) is 42.0. The summed E-state index contributed by atoms with van der Waals surface area (Å²) in [5, 5.41) is 18.9. The number of alkyl halides is 3. The lowest BCUT2D eigenvalue weighted by molar-refractivity contribution is -0.186. The summed E-state index contributed by atoms with van der Waals surface area (Å²) < 4.78 is 51.0. The molecule has 4 aromatic heterocycles. The van der Waals surface area contributed by atoms with Crippen molar-refractivity contribution in [3.8, 4) is 6.07 Å². The van der Waals surface area contributed by atoms with Crippen molar-refractivity contribution in [2.75, 3.05) is 0 Å². The number of thiophene rings is 1. The summed E-state index contributed by atoms with van der Waals surface area (Å²) >= 11 is 1.82. The number of furan rings is 2. The number of nitriles is 1. The number of aromatic amines is 1. The Bertz CT molecular complexity index is 4430. The fourth-order valence-corrected chi connectivity index (χ4v) is 12.3. The lowest BCUT2D eigenvalue weighted by atomic mass is 9.79. The van der Waals surface area contributed by atoms with E-state index in [9.17, 15) is 13.2 Å². The molecule has 0 aliphatic carbocycles. The number of nitrogens with one attached hydrogen (secondary N) is 1. The molecule has 0 saturated carbocycles. The quantitative estimate of drug-likeness (QED) is 0.118. The zero-order valence-corrected chi connectivity index (χ0v) is 74.9. The molecule has 0 spiro atoms. The van der Waals surface area contributed by atoms with Gasteiger partial charge in [0.25, 0.3) is 0 Å². The largest absolute Gasteiger partial charge is 0.464 e. The van der Waals surface area contributed by atoms with Crippen LogP contribution < -0.4 is 0 Å². The van der Waals surface area contributed by atoms with Gasteiger partial charge in [-0.05, 0) is 186 Å². The summed E-state index contributed by atoms with van der Waals surface area (Å²) in [6.07, 6.45) is 4.38. The predicted octanol–water partition coefficient (Wildman–Crippen LogP) is 35.6. The minimum atomic E-state index is -4.19. The van der Waals surface area contributed by atoms with Crippen LogP contribution in [0.3, 0.4) is 0 Å². The van der Waals surface area contributed by atoms with Gasteiger partial charge < -0.3 is 13.8 Å². The highest BCUT2D eigenvalue weighted by atomic mass is 32.1. The SMILES string of the molecule is CC.CC.CC.CC.CC.CC.CC.CCC(C)(C#N)c1ccccc1.CCC(C)(C)c1ccccc1.CCC(C)(c1ccccc1)C(F)(F)F.CCC(C)c1ccc2c(c1)oc1ccccc12.CCC(C)c1ccc2ccoc2c1.CCC(C)c1ccc2sccc2c1.CCC(C)c1cccc2[nH]c3ccccc3c12. The second-order valence-corrected chi connectivity index (χ2v) is 27.7. The minimum Gasteiger partial charge on any atom is -0.464 e. The van der Waals surface area contributed by atoms with Crippen LogP contribution in [-0.2, 0) is 16.2 Å². The van der Waals surface area contributed by atoms with E-state index in [2.05, 4.69) is 238 Å². The molecule has 1 N–H and O–H groups in total. The standard InChI is InChI=1S/C16H17N.C16H16O.C12H14O.C12H14S.C11H13F3.C11H13N.C11H16.7C2H6/c1-3-11(2)12-8-6-10-15-16(12)13-7-4-5-9-14(13)17-15;1-3-11(2)12-8-9-14-13-6-4-5-7-15(13)17-16(14)10-12;1-3-9(2)11-5-4-10-6-7-13-12(10)8-11;1-3-9(2)10-4-5-12-11(8-10)6-7-13-12;1-3-10(2,11(12,13)14)9-7-5-4-6-8-9;1-3-11(2,9-12)10-7-5-4-6-8-10;1-4-11(2,3)10-8-6-5-7-9-10;7*1-2/h4-11,17H,3H2,1-2H3;4-11H,3H2,1-2H3;2*4-9H,3H2,1-2H3;4-8H,3H2,1-2H3;4-8H,3H2,1-2H3;5-9H,4H2,1-3H3;7*1-2H3. The molecule has 8 heteroatoms. The van der Waals surface area contributed by atoms with Crippen LogP contribution in [0.25, 0.3) is 64.8 Å². The molecule has 0 aliphatic rings. The molecule has 9 aromatic carbocycles. The van der Waals surface area contributed by atoms with Crippen molar-refractivity contribution < 1.29 is 22.0 Å². The Labute approximate surface area is 677 Å². The lowest BCUT2D eigenvalue weighted by Crippen LogP contribution is -2.38. The number of nitrogens with zero attached hydrogens (tertiary/aromatic N) is 1. The van der Waals surface area contributed by atoms with Gasteiger partial charge in [0.15, 0.2) is 0 Å². The van der Waals surface area contributed by atoms with E-state index in [1.807, 2.05) is 171 Å². The van der Waals surface area contributed by atoms with Crippen LogP contribution >= 0.6 is 11.3 Å². The molecule has 0 aliphatic heterocycles. The lowest BCUT2D eigenvalue weighted by Gasteiger charge is -2.31. The van der Waals surface area contributed by atoms with Crippen molar-refractivity contribution >= 4 is 76.1 Å². The molecule has 13 rings (SSSR count). The molecule has 0 amide bonds. The highest BCUT2D eigenvalue weighted by molar-refractivity contribution is 7.17. The number of para-hydroxylation sites is 2. The third-order valence-electron chi connectivity index (χ3n) is 20.2. The third-order valence-corrected chi connectivity index (χ3v) is 21.1. The van der Waals surface area contributed by atoms with E-state index in [1.165, 1.54) is 121 Å². The van der Waals surface area contributed by atoms with Crippen LogP contribution in [0.1, 0.15) is 308 Å². The number of fused-ring (bicyclic) bond motifs is 8. The monoisotopic (exact) mass is 1530 g/mol. The normalized spacial score (nSPS) is 12.4. The van der Waals surface area contributed by atoms with E-state index in [0.717, 1.165) is 35.2 Å². The maximum Gasteiger partial charge on any atom is 0.398 e. The first-order chi connectivity index (χ1) is 53.5. The van der Waals surface area contributed by atoms with Crippen LogP contribution in [0, 0.1) is 11.3 Å². The zero-order chi connectivity index (χ0) is 84.3. The van der Waals surface area contributed by atoms with Crippen molar-refractivity contribution in [1.29, 1.82) is 5.26 Å². The van der Waals surface area contributed by atoms with Crippen molar-refractivity contribution in [2.24, 2.45) is 0 Å². The van der Waals surface area contributed by atoms with Gasteiger partial charge in [0.1, 0.15) is 16.7 Å². The number of rotatable bonds is 14. The minimum absolute atomic E-state index is 0.0561. The van der Waals surface area contributed by atoms with E-state index >= 15 is 0 Å². The number of aromatic nitrogens is 1. The Hall–Kier alpha value is -8.64. The second kappa shape index (κ2) is 55.7. The Morgan fingerprint density at radius 1 is 0.396 bits per heavy atom. The van der Waals surface area contributed by atoms with Gasteiger partial charge in [0.05, 0.1) is 23.2 Å². The summed E-state index contributed by atoms with van der Waals surface area (Å²) in [6, 6.07) is 78.4. The first-order valence-corrected chi connectivity index (χ1v) is 42.9. The second-order valence-electron chi connectivity index (χ2n) is 26.8. The summed E-state index contributed by atoms with van der Waals surface area (Å²) in [5.74, 6) is 2.50. The Morgan fingerprint density at radius 2 is 0.838 bits per heavy atom. The maximum absolute atomic E-state index is 12.8. The molecular formula is C103H145F3N2O2S. The molecule has 6 atom stereocenters. The molecule has 13 aromatic rings. The number of H-pyrrole nitrogens is 1. The van der Waals surface area contributed by atoms with E-state index in [1.54, 1.807) is 31.4 Å². The third kappa shape index (κ3) is 30.4. The average Bonchev–Trinajstić information content (AvgIpc) is 1.71. The molecule has 111 heavy (non-hydrogen) atoms. The van der Waals surface area contributed by atoms with E-state index in [-0.39, 0.29) is 11.8 Å². The number of benzene rings is 9. The summed E-state index contributed by atoms with van der Waals surface area (Å²) in [6.45, 7) is 59.6. The summed E-state index contributed by atoms with van der Waals surface area (Å²) in [5.41, 5.74) is 12.3. The molecule has 0 saturated heterocycles. The molecular weight excluding hydrogens is 1390 g/mol. The van der Waals surface area contributed by atoms with Gasteiger partial charge >= 0.3 is 6.18 Å². The van der Waals surface area contributed by atoms with Crippen LogP contribution in [0.15, 0.2) is 245 Å². The predicted molar refractivity (Wildman–Crippen MR) is 491 cm³/mol. The van der Waals surface area contributed by atoms with Crippen LogP contribution in [0.2, 0.25) is 0 Å². The number of halogens is 3. The van der Waals surface area contributed by atoms with Gasteiger partial charge in [-0.3, -0.25) is 0 Å². The van der Waals surface area contributed by atoms with Crippen molar-refractivity contribution in [2.45, 2.75) is 292 Å². The van der Waals surface area contributed by atoms with E-state index < -0.39 is 11.6 Å². The van der Waals surface area contributed by atoms with Crippen LogP contribution in [0.5, 0.6) is 0 Å². The van der Waals surface area contributed by atoms with Gasteiger partial charge in [0, 0.05) is 42.7 Å². The molecule has 4 heterocycles. The fraction of sp³-hybridized carbons (Fsp3) is 0.427. The Morgan fingerprint density at radius 3 is 1.33 bits per heavy atom. The van der Waals surface area contributed by atoms with E-state index in [4.69, 9.17) is 14.1 Å². The Kier molecular flexibility index (Phi) is 51.4. The highest BCUT2D eigenvalue weighted by Crippen LogP contribution is 2.43.